The number of sulfonamides is 1. The van der Waals surface area contributed by atoms with Crippen LogP contribution in [0.25, 0.3) is 5.69 Å². The van der Waals surface area contributed by atoms with Gasteiger partial charge in [-0.15, -0.1) is 0 Å². The predicted octanol–water partition coefficient (Wildman–Crippen LogP) is 2.54. The molecular formula is C19H24ClN3O4S. The van der Waals surface area contributed by atoms with E-state index in [2.05, 4.69) is 4.72 Å². The fourth-order valence-corrected chi connectivity index (χ4v) is 4.23. The van der Waals surface area contributed by atoms with E-state index in [1.165, 1.54) is 7.11 Å². The molecule has 1 aromatic carbocycles. The summed E-state index contributed by atoms with van der Waals surface area (Å²) in [7, 11) is -1.73. The Hall–Kier alpha value is -2.03. The van der Waals surface area contributed by atoms with E-state index < -0.39 is 10.0 Å². The molecule has 0 spiro atoms. The zero-order valence-electron chi connectivity index (χ0n) is 15.9. The number of methoxy groups -OCH3 is 1. The molecule has 28 heavy (non-hydrogen) atoms. The van der Waals surface area contributed by atoms with Gasteiger partial charge in [0.05, 0.1) is 29.6 Å². The second-order valence-corrected chi connectivity index (χ2v) is 9.21. The summed E-state index contributed by atoms with van der Waals surface area (Å²) < 4.78 is 32.5. The smallest absolute Gasteiger partial charge is 0.257 e. The Morgan fingerprint density at radius 2 is 2.04 bits per heavy atom. The first kappa shape index (κ1) is 20.7. The molecule has 1 atom stereocenters. The second kappa shape index (κ2) is 8.55. The number of amides is 1. The average Bonchev–Trinajstić information content (AvgIpc) is 3.20. The third-order valence-corrected chi connectivity index (χ3v) is 5.82. The number of halogens is 1. The van der Waals surface area contributed by atoms with Gasteiger partial charge in [-0.2, -0.15) is 0 Å². The zero-order valence-corrected chi connectivity index (χ0v) is 17.5. The van der Waals surface area contributed by atoms with Crippen LogP contribution < -0.4 is 9.46 Å². The van der Waals surface area contributed by atoms with Crippen molar-refractivity contribution in [3.63, 3.8) is 0 Å². The molecule has 1 fully saturated rings. The molecule has 0 saturated carbocycles. The van der Waals surface area contributed by atoms with Crippen molar-refractivity contribution in [2.24, 2.45) is 5.92 Å². The third kappa shape index (κ3) is 4.87. The quantitative estimate of drug-likeness (QED) is 0.771. The van der Waals surface area contributed by atoms with Crippen LogP contribution in [0.15, 0.2) is 36.7 Å². The summed E-state index contributed by atoms with van der Waals surface area (Å²) in [6.45, 7) is 1.43. The minimum absolute atomic E-state index is 0.0769. The number of hydrogen-bond donors (Lipinski definition) is 1. The van der Waals surface area contributed by atoms with Gasteiger partial charge in [-0.05, 0) is 37.0 Å². The highest BCUT2D eigenvalue weighted by Crippen LogP contribution is 2.31. The van der Waals surface area contributed by atoms with Crippen LogP contribution in [-0.2, 0) is 10.0 Å². The van der Waals surface area contributed by atoms with E-state index in [4.69, 9.17) is 16.3 Å². The van der Waals surface area contributed by atoms with Crippen LogP contribution in [0.1, 0.15) is 23.2 Å². The second-order valence-electron chi connectivity index (χ2n) is 6.97. The third-order valence-electron chi connectivity index (χ3n) is 4.82. The number of nitrogens with one attached hydrogen (secondary N) is 1. The average molecular weight is 426 g/mol. The summed E-state index contributed by atoms with van der Waals surface area (Å²) in [6, 6.07) is 7.17. The van der Waals surface area contributed by atoms with Crippen molar-refractivity contribution in [1.82, 2.24) is 14.2 Å². The molecular weight excluding hydrogens is 402 g/mol. The Kier molecular flexibility index (Phi) is 6.32. The van der Waals surface area contributed by atoms with Gasteiger partial charge < -0.3 is 14.2 Å². The molecule has 1 N–H and O–H groups in total. The largest absolute Gasteiger partial charge is 0.496 e. The minimum atomic E-state index is -3.25. The molecule has 1 amide bonds. The summed E-state index contributed by atoms with van der Waals surface area (Å²) in [5, 5.41) is 0.452. The molecule has 9 heteroatoms. The van der Waals surface area contributed by atoms with Gasteiger partial charge in [0.15, 0.2) is 0 Å². The molecule has 3 rings (SSSR count). The van der Waals surface area contributed by atoms with E-state index in [9.17, 15) is 13.2 Å². The monoisotopic (exact) mass is 425 g/mol. The van der Waals surface area contributed by atoms with Crippen LogP contribution in [0.2, 0.25) is 5.02 Å². The lowest BCUT2D eigenvalue weighted by Gasteiger charge is -2.33. The number of hydrogen-bond acceptors (Lipinski definition) is 4. The number of rotatable bonds is 6. The number of piperidine rings is 1. The molecule has 0 aliphatic carbocycles. The van der Waals surface area contributed by atoms with Gasteiger partial charge in [0.25, 0.3) is 5.91 Å². The number of likely N-dealkylation sites (tertiary alicyclic amines) is 1. The normalized spacial score (nSPS) is 17.5. The first-order valence-corrected chi connectivity index (χ1v) is 11.3. The van der Waals surface area contributed by atoms with Gasteiger partial charge in [-0.25, -0.2) is 13.1 Å². The number of nitrogens with zero attached hydrogens (tertiary/aromatic N) is 2. The Labute approximate surface area is 170 Å². The fraction of sp³-hybridized carbons (Fsp3) is 0.421. The van der Waals surface area contributed by atoms with Crippen LogP contribution in [0, 0.1) is 5.92 Å². The molecule has 1 aliphatic heterocycles. The molecule has 2 heterocycles. The summed E-state index contributed by atoms with van der Waals surface area (Å²) in [5.41, 5.74) is 1.13. The highest BCUT2D eigenvalue weighted by molar-refractivity contribution is 7.88. The molecule has 2 aromatic rings. The van der Waals surface area contributed by atoms with Gasteiger partial charge in [0.2, 0.25) is 10.0 Å². The molecule has 1 saturated heterocycles. The van der Waals surface area contributed by atoms with Crippen molar-refractivity contribution >= 4 is 27.5 Å². The van der Waals surface area contributed by atoms with Gasteiger partial charge in [-0.1, -0.05) is 11.6 Å². The predicted molar refractivity (Wildman–Crippen MR) is 109 cm³/mol. The maximum Gasteiger partial charge on any atom is 0.257 e. The summed E-state index contributed by atoms with van der Waals surface area (Å²) in [5.74, 6) is 0.365. The maximum absolute atomic E-state index is 13.1. The van der Waals surface area contributed by atoms with Gasteiger partial charge >= 0.3 is 0 Å². The first-order valence-electron chi connectivity index (χ1n) is 9.03. The number of carbonyl (C=O) groups is 1. The van der Waals surface area contributed by atoms with Gasteiger partial charge in [0, 0.05) is 38.1 Å². The summed E-state index contributed by atoms with van der Waals surface area (Å²) >= 11 is 6.44. The van der Waals surface area contributed by atoms with E-state index in [1.807, 2.05) is 29.1 Å². The Balaban J connectivity index is 1.80. The fourth-order valence-electron chi connectivity index (χ4n) is 3.43. The Morgan fingerprint density at radius 1 is 1.32 bits per heavy atom. The highest BCUT2D eigenvalue weighted by atomic mass is 35.5. The Morgan fingerprint density at radius 3 is 2.68 bits per heavy atom. The van der Waals surface area contributed by atoms with Crippen LogP contribution in [0.4, 0.5) is 0 Å². The van der Waals surface area contributed by atoms with Crippen molar-refractivity contribution in [3.05, 3.63) is 47.2 Å². The highest BCUT2D eigenvalue weighted by Gasteiger charge is 2.27. The maximum atomic E-state index is 13.1. The van der Waals surface area contributed by atoms with E-state index in [-0.39, 0.29) is 11.8 Å². The molecule has 0 radical (unpaired) electrons. The van der Waals surface area contributed by atoms with Crippen LogP contribution in [0.3, 0.4) is 0 Å². The molecule has 1 aliphatic rings. The Bertz CT molecular complexity index is 944. The van der Waals surface area contributed by atoms with Crippen molar-refractivity contribution in [2.75, 3.05) is 33.0 Å². The lowest BCUT2D eigenvalue weighted by molar-refractivity contribution is 0.0673. The van der Waals surface area contributed by atoms with Crippen LogP contribution in [-0.4, -0.2) is 56.8 Å². The number of benzene rings is 1. The molecule has 7 nitrogen and oxygen atoms in total. The van der Waals surface area contributed by atoms with E-state index >= 15 is 0 Å². The standard InChI is InChI=1S/C19H24ClN3O4S/c1-27-18-11-17(22-7-3-4-8-22)16(20)10-15(18)19(24)23-9-5-6-14(13-23)12-21-28(2,25)26/h3-4,7-8,10-11,14,21H,5-6,9,12-13H2,1-2H3. The van der Waals surface area contributed by atoms with E-state index in [0.29, 0.717) is 36.0 Å². The van der Waals surface area contributed by atoms with Crippen LogP contribution in [0.5, 0.6) is 5.75 Å². The van der Waals surface area contributed by atoms with Crippen molar-refractivity contribution in [2.45, 2.75) is 12.8 Å². The zero-order chi connectivity index (χ0) is 20.3. The molecule has 1 unspecified atom stereocenters. The summed E-state index contributed by atoms with van der Waals surface area (Å²) in [4.78, 5) is 14.9. The minimum Gasteiger partial charge on any atom is -0.496 e. The molecule has 0 bridgehead atoms. The lowest BCUT2D eigenvalue weighted by Crippen LogP contribution is -2.43. The SMILES string of the molecule is COc1cc(-n2cccc2)c(Cl)cc1C(=O)N1CCCC(CNS(C)(=O)=O)C1. The van der Waals surface area contributed by atoms with Crippen molar-refractivity contribution < 1.29 is 17.9 Å². The number of ether oxygens (including phenoxy) is 1. The van der Waals surface area contributed by atoms with Crippen LogP contribution >= 0.6 is 11.6 Å². The first-order chi connectivity index (χ1) is 13.3. The van der Waals surface area contributed by atoms with E-state index in [0.717, 1.165) is 24.8 Å². The lowest BCUT2D eigenvalue weighted by atomic mass is 9.97. The topological polar surface area (TPSA) is 80.6 Å². The van der Waals surface area contributed by atoms with Gasteiger partial charge in [0.1, 0.15) is 5.75 Å². The van der Waals surface area contributed by atoms with Gasteiger partial charge in [-0.3, -0.25) is 4.79 Å². The van der Waals surface area contributed by atoms with E-state index in [1.54, 1.807) is 17.0 Å². The van der Waals surface area contributed by atoms with Crippen molar-refractivity contribution in [1.29, 1.82) is 0 Å². The molecule has 1 aromatic heterocycles. The number of carbonyl (C=O) groups excluding carboxylic acids is 1. The van der Waals surface area contributed by atoms with Crippen molar-refractivity contribution in [3.8, 4) is 11.4 Å². The summed E-state index contributed by atoms with van der Waals surface area (Å²) in [6.07, 6.45) is 6.56. The molecule has 152 valence electrons. The number of aromatic nitrogens is 1.